The summed E-state index contributed by atoms with van der Waals surface area (Å²) in [5, 5.41) is 12.4. The van der Waals surface area contributed by atoms with Crippen molar-refractivity contribution in [3.8, 4) is 11.5 Å². The van der Waals surface area contributed by atoms with Crippen LogP contribution in [0.3, 0.4) is 0 Å². The molecule has 0 spiro atoms. The lowest BCUT2D eigenvalue weighted by molar-refractivity contribution is -0.142. The van der Waals surface area contributed by atoms with Gasteiger partial charge in [0.05, 0.1) is 19.2 Å². The second-order valence-electron chi connectivity index (χ2n) is 6.13. The average Bonchev–Trinajstić information content (AvgIpc) is 2.66. The second kappa shape index (κ2) is 9.28. The molecule has 0 aromatic heterocycles. The van der Waals surface area contributed by atoms with Crippen LogP contribution in [0, 0.1) is 5.92 Å². The third-order valence-corrected chi connectivity index (χ3v) is 4.49. The highest BCUT2D eigenvalue weighted by Gasteiger charge is 2.25. The van der Waals surface area contributed by atoms with Crippen molar-refractivity contribution in [1.29, 1.82) is 0 Å². The van der Waals surface area contributed by atoms with E-state index in [0.717, 1.165) is 11.3 Å². The summed E-state index contributed by atoms with van der Waals surface area (Å²) >= 11 is 6.07. The second-order valence-corrected chi connectivity index (χ2v) is 6.53. The smallest absolute Gasteiger partial charge is 0.330 e. The topological polar surface area (TPSA) is 84.9 Å². The number of nitrogens with one attached hydrogen (secondary N) is 1. The zero-order chi connectivity index (χ0) is 20.0. The number of hydrogen-bond donors (Lipinski definition) is 2. The molecule has 2 aromatic rings. The molecule has 1 amide bonds. The Bertz CT molecular complexity index is 807. The Morgan fingerprint density at radius 3 is 2.30 bits per heavy atom. The summed E-state index contributed by atoms with van der Waals surface area (Å²) in [5.41, 5.74) is 1.33. The van der Waals surface area contributed by atoms with Gasteiger partial charge in [-0.3, -0.25) is 4.79 Å². The van der Waals surface area contributed by atoms with Gasteiger partial charge in [0.1, 0.15) is 11.5 Å². The van der Waals surface area contributed by atoms with Crippen LogP contribution in [0.15, 0.2) is 42.5 Å². The minimum absolute atomic E-state index is 0.279. The first-order valence-electron chi connectivity index (χ1n) is 8.35. The predicted octanol–water partition coefficient (Wildman–Crippen LogP) is 3.48. The van der Waals surface area contributed by atoms with Crippen molar-refractivity contribution in [2.75, 3.05) is 14.2 Å². The number of carboxylic acids is 1. The average molecular weight is 392 g/mol. The fraction of sp³-hybridized carbons (Fsp3) is 0.300. The summed E-state index contributed by atoms with van der Waals surface area (Å²) < 4.78 is 10.2. The third kappa shape index (κ3) is 5.37. The van der Waals surface area contributed by atoms with Crippen LogP contribution < -0.4 is 14.8 Å². The quantitative estimate of drug-likeness (QED) is 0.719. The molecule has 7 heteroatoms. The normalized spacial score (nSPS) is 12.7. The first-order valence-corrected chi connectivity index (χ1v) is 8.73. The summed E-state index contributed by atoms with van der Waals surface area (Å²) in [6.45, 7) is 1.75. The van der Waals surface area contributed by atoms with Crippen molar-refractivity contribution < 1.29 is 24.2 Å². The number of carboxylic acid groups (broad SMARTS) is 1. The fourth-order valence-electron chi connectivity index (χ4n) is 2.64. The first kappa shape index (κ1) is 20.6. The highest BCUT2D eigenvalue weighted by atomic mass is 35.5. The summed E-state index contributed by atoms with van der Waals surface area (Å²) in [6.07, 6.45) is 0.478. The lowest BCUT2D eigenvalue weighted by Gasteiger charge is -2.19. The number of aliphatic carboxylic acids is 1. The standard InChI is InChI=1S/C20H22ClNO5/c1-12(10-13-4-7-15(26-2)8-5-13)19(23)22-18(20(24)25)14-6-9-17(27-3)16(21)11-14/h4-9,11-12,18H,10H2,1-3H3,(H,22,23)(H,24,25). The number of methoxy groups -OCH3 is 2. The van der Waals surface area contributed by atoms with Gasteiger partial charge in [0.2, 0.25) is 5.91 Å². The van der Waals surface area contributed by atoms with Gasteiger partial charge >= 0.3 is 5.97 Å². The van der Waals surface area contributed by atoms with Crippen molar-refractivity contribution >= 4 is 23.5 Å². The van der Waals surface area contributed by atoms with E-state index in [4.69, 9.17) is 21.1 Å². The maximum atomic E-state index is 12.5. The maximum Gasteiger partial charge on any atom is 0.330 e. The Hall–Kier alpha value is -2.73. The van der Waals surface area contributed by atoms with E-state index >= 15 is 0 Å². The van der Waals surface area contributed by atoms with Gasteiger partial charge in [0.25, 0.3) is 0 Å². The highest BCUT2D eigenvalue weighted by Crippen LogP contribution is 2.28. The molecule has 0 aliphatic carbocycles. The number of carbonyl (C=O) groups is 2. The summed E-state index contributed by atoms with van der Waals surface area (Å²) in [7, 11) is 3.06. The lowest BCUT2D eigenvalue weighted by Crippen LogP contribution is -2.37. The molecule has 0 bridgehead atoms. The van der Waals surface area contributed by atoms with Crippen LogP contribution in [-0.4, -0.2) is 31.2 Å². The van der Waals surface area contributed by atoms with Crippen molar-refractivity contribution in [3.05, 3.63) is 58.6 Å². The Morgan fingerprint density at radius 2 is 1.78 bits per heavy atom. The van der Waals surface area contributed by atoms with Crippen LogP contribution in [-0.2, 0) is 16.0 Å². The van der Waals surface area contributed by atoms with Crippen molar-refractivity contribution in [3.63, 3.8) is 0 Å². The number of halogens is 1. The molecule has 27 heavy (non-hydrogen) atoms. The summed E-state index contributed by atoms with van der Waals surface area (Å²) in [6, 6.07) is 10.8. The Balaban J connectivity index is 2.09. The molecule has 0 aliphatic heterocycles. The van der Waals surface area contributed by atoms with Gasteiger partial charge in [-0.05, 0) is 41.8 Å². The Morgan fingerprint density at radius 1 is 1.11 bits per heavy atom. The van der Waals surface area contributed by atoms with Gasteiger partial charge in [-0.1, -0.05) is 36.7 Å². The zero-order valence-electron chi connectivity index (χ0n) is 15.4. The molecule has 0 heterocycles. The van der Waals surface area contributed by atoms with E-state index in [1.165, 1.54) is 13.2 Å². The zero-order valence-corrected chi connectivity index (χ0v) is 16.1. The van der Waals surface area contributed by atoms with Gasteiger partial charge in [-0.25, -0.2) is 4.79 Å². The number of ether oxygens (including phenoxy) is 2. The van der Waals surface area contributed by atoms with Crippen LogP contribution in [0.25, 0.3) is 0 Å². The summed E-state index contributed by atoms with van der Waals surface area (Å²) in [4.78, 5) is 24.2. The number of benzene rings is 2. The van der Waals surface area contributed by atoms with Gasteiger partial charge in [0.15, 0.2) is 6.04 Å². The lowest BCUT2D eigenvalue weighted by atomic mass is 9.99. The molecule has 2 N–H and O–H groups in total. The van der Waals surface area contributed by atoms with Crippen LogP contribution >= 0.6 is 11.6 Å². The van der Waals surface area contributed by atoms with Gasteiger partial charge in [0, 0.05) is 5.92 Å². The van der Waals surface area contributed by atoms with E-state index in [1.807, 2.05) is 24.3 Å². The van der Waals surface area contributed by atoms with E-state index in [9.17, 15) is 14.7 Å². The first-order chi connectivity index (χ1) is 12.8. The largest absolute Gasteiger partial charge is 0.497 e. The molecule has 144 valence electrons. The predicted molar refractivity (Wildman–Crippen MR) is 102 cm³/mol. The van der Waals surface area contributed by atoms with Crippen LogP contribution in [0.4, 0.5) is 0 Å². The number of amides is 1. The molecular formula is C20H22ClNO5. The fourth-order valence-corrected chi connectivity index (χ4v) is 2.91. The SMILES string of the molecule is COc1ccc(CC(C)C(=O)NC(C(=O)O)c2ccc(OC)c(Cl)c2)cc1. The van der Waals surface area contributed by atoms with Crippen LogP contribution in [0.2, 0.25) is 5.02 Å². The highest BCUT2D eigenvalue weighted by molar-refractivity contribution is 6.32. The summed E-state index contributed by atoms with van der Waals surface area (Å²) in [5.74, 6) is -0.762. The minimum Gasteiger partial charge on any atom is -0.497 e. The van der Waals surface area contributed by atoms with Crippen molar-refractivity contribution in [2.45, 2.75) is 19.4 Å². The third-order valence-electron chi connectivity index (χ3n) is 4.19. The molecule has 2 aromatic carbocycles. The Labute approximate surface area is 163 Å². The monoisotopic (exact) mass is 391 g/mol. The maximum absolute atomic E-state index is 12.5. The Kier molecular flexibility index (Phi) is 7.07. The van der Waals surface area contributed by atoms with E-state index in [2.05, 4.69) is 5.32 Å². The van der Waals surface area contributed by atoms with E-state index < -0.39 is 17.9 Å². The molecule has 0 radical (unpaired) electrons. The van der Waals surface area contributed by atoms with Crippen LogP contribution in [0.5, 0.6) is 11.5 Å². The van der Waals surface area contributed by atoms with E-state index in [1.54, 1.807) is 26.2 Å². The number of hydrogen-bond acceptors (Lipinski definition) is 4. The van der Waals surface area contributed by atoms with E-state index in [-0.39, 0.29) is 10.9 Å². The van der Waals surface area contributed by atoms with Gasteiger partial charge in [-0.15, -0.1) is 0 Å². The molecule has 2 atom stereocenters. The molecular weight excluding hydrogens is 370 g/mol. The van der Waals surface area contributed by atoms with Gasteiger partial charge < -0.3 is 19.9 Å². The molecule has 0 fully saturated rings. The minimum atomic E-state index is -1.20. The van der Waals surface area contributed by atoms with Crippen molar-refractivity contribution in [2.24, 2.45) is 5.92 Å². The van der Waals surface area contributed by atoms with Crippen molar-refractivity contribution in [1.82, 2.24) is 5.32 Å². The molecule has 0 aliphatic rings. The molecule has 0 saturated carbocycles. The molecule has 0 saturated heterocycles. The number of carbonyl (C=O) groups excluding carboxylic acids is 1. The van der Waals surface area contributed by atoms with Crippen LogP contribution in [0.1, 0.15) is 24.1 Å². The van der Waals surface area contributed by atoms with Gasteiger partial charge in [-0.2, -0.15) is 0 Å². The molecule has 2 unspecified atom stereocenters. The molecule has 6 nitrogen and oxygen atoms in total. The number of rotatable bonds is 8. The molecule has 2 rings (SSSR count). The van der Waals surface area contributed by atoms with E-state index in [0.29, 0.717) is 17.7 Å².